The Kier molecular flexibility index (Phi) is 21.3. The number of hydrogen-bond donors (Lipinski definition) is 8. The van der Waals surface area contributed by atoms with Crippen LogP contribution in [0, 0.1) is 0 Å². The Balaban J connectivity index is 0.000000146. The number of nitrogens with two attached hydrogens (primary N) is 1. The average molecular weight is 1170 g/mol. The summed E-state index contributed by atoms with van der Waals surface area (Å²) in [4.78, 5) is 88.9. The Bertz CT molecular complexity index is 2500. The zero-order valence-electron chi connectivity index (χ0n) is 42.2. The van der Waals surface area contributed by atoms with Gasteiger partial charge in [-0.3, -0.25) is 35.1 Å². The molecule has 7 aliphatic heterocycles. The fraction of sp³-hybridized carbons (Fsp3) is 0.392. The topological polar surface area (TPSA) is 251 Å². The number of piperidine rings is 4. The van der Waals surface area contributed by atoms with Crippen LogP contribution in [-0.4, -0.2) is 185 Å². The second-order valence-electron chi connectivity index (χ2n) is 19.3. The molecule has 0 radical (unpaired) electrons. The average Bonchev–Trinajstić information content (AvgIpc) is 3.98. The molecule has 0 bridgehead atoms. The number of carboxylic acid groups (broad SMARTS) is 1. The molecule has 76 heavy (non-hydrogen) atoms. The molecule has 0 saturated carbocycles. The van der Waals surface area contributed by atoms with Crippen molar-refractivity contribution >= 4 is 174 Å². The first-order valence-corrected chi connectivity index (χ1v) is 42.7. The van der Waals surface area contributed by atoms with Crippen LogP contribution in [0.25, 0.3) is 0 Å². The molecule has 7 heterocycles. The minimum atomic E-state index is -1.07. The summed E-state index contributed by atoms with van der Waals surface area (Å²) in [7, 11) is 0. The molecule has 25 heteroatoms. The van der Waals surface area contributed by atoms with Gasteiger partial charge in [0.15, 0.2) is 0 Å². The summed E-state index contributed by atoms with van der Waals surface area (Å²) in [5.74, 6) is -1.51. The first-order valence-electron chi connectivity index (χ1n) is 25.2. The molecule has 394 valence electrons. The fourth-order valence-corrected chi connectivity index (χ4v) is 10.6. The molecule has 0 atom stereocenters. The van der Waals surface area contributed by atoms with Gasteiger partial charge in [0.2, 0.25) is 0 Å². The zero-order chi connectivity index (χ0) is 54.8. The zero-order valence-corrected chi connectivity index (χ0v) is 51.5. The van der Waals surface area contributed by atoms with Crippen LogP contribution in [0.1, 0.15) is 51.4 Å². The Morgan fingerprint density at radius 2 is 0.605 bits per heavy atom. The van der Waals surface area contributed by atoms with E-state index in [4.69, 9.17) is 57.2 Å². The number of nitrogens with zero attached hydrogens (tertiary/aromatic N) is 4. The maximum atomic E-state index is 11.8. The summed E-state index contributed by atoms with van der Waals surface area (Å²) in [6, 6.07) is 29.3. The number of carbonyl (C=O) groups excluding carboxylic acids is 6. The number of anilines is 4. The van der Waals surface area contributed by atoms with Gasteiger partial charge in [-0.1, -0.05) is 46.4 Å². The minimum absolute atomic E-state index is 0.201. The van der Waals surface area contributed by atoms with E-state index in [1.54, 1.807) is 0 Å². The van der Waals surface area contributed by atoms with Crippen molar-refractivity contribution in [3.8, 4) is 0 Å². The third kappa shape index (κ3) is 15.0. The van der Waals surface area contributed by atoms with Crippen LogP contribution in [0.2, 0.25) is 20.1 Å². The SMILES string of the molecule is NC1(C(=O)O)CCN(c2ccc(Cl)cc2)CC1.O=C1NC(=O)C2(CCN(c3ccc(Cl)cc3)CC2)N1.O=C1NC(=O)C2(CCN(c3ccc(Cl)cc3)CC2)N1.O=C1NC(=O)C2(CCN(c3ccc(Cl)cc3)CC2)N1.[K][K]. The number of imide groups is 3. The van der Waals surface area contributed by atoms with Crippen molar-refractivity contribution in [1.29, 1.82) is 0 Å². The second-order valence-corrected chi connectivity index (χ2v) is 21.0. The van der Waals surface area contributed by atoms with Crippen LogP contribution in [-0.2, 0) is 19.2 Å². The van der Waals surface area contributed by atoms with E-state index in [0.717, 1.165) is 62.0 Å². The van der Waals surface area contributed by atoms with Gasteiger partial charge < -0.3 is 46.4 Å². The number of benzene rings is 4. The van der Waals surface area contributed by atoms with Crippen molar-refractivity contribution in [3.63, 3.8) is 0 Å². The van der Waals surface area contributed by atoms with Crippen molar-refractivity contribution in [3.05, 3.63) is 117 Å². The standard InChI is InChI=1S/3C13H14ClN3O2.C12H15ClN2O2.2K/c3*14-9-1-3-10(4-2-9)17-7-5-13(6-8-17)11(18)15-12(19)16-13;13-9-1-3-10(4-2-9)15-7-5-12(14,6-8-15)11(16)17;;/h3*1-4H,5-8H2,(H2,15,16,18,19);1-4H,5-8,14H2,(H,16,17);;. The molecule has 9 N–H and O–H groups in total. The molecule has 4 aromatic rings. The number of aliphatic carboxylic acids is 1. The van der Waals surface area contributed by atoms with Gasteiger partial charge in [0.05, 0.1) is 0 Å². The molecule has 3 spiro atoms. The quantitative estimate of drug-likeness (QED) is 0.0908. The normalized spacial score (nSPS) is 20.4. The van der Waals surface area contributed by atoms with Crippen LogP contribution in [0.4, 0.5) is 37.1 Å². The van der Waals surface area contributed by atoms with E-state index < -0.39 is 28.1 Å². The summed E-state index contributed by atoms with van der Waals surface area (Å²) in [5, 5.41) is 27.1. The second kappa shape index (κ2) is 26.8. The monoisotopic (exact) mass is 1170 g/mol. The maximum absolute atomic E-state index is 11.8. The molecule has 0 aromatic heterocycles. The van der Waals surface area contributed by atoms with Gasteiger partial charge in [0, 0.05) is 95.2 Å². The number of amides is 9. The number of carbonyl (C=O) groups is 7. The fourth-order valence-electron chi connectivity index (χ4n) is 10.1. The molecule has 0 aliphatic carbocycles. The first kappa shape index (κ1) is 60.4. The molecule has 7 aliphatic rings. The van der Waals surface area contributed by atoms with E-state index in [9.17, 15) is 33.6 Å². The van der Waals surface area contributed by atoms with Crippen molar-refractivity contribution in [1.82, 2.24) is 31.9 Å². The summed E-state index contributed by atoms with van der Waals surface area (Å²) in [6.45, 7) is 5.70. The molecule has 7 saturated heterocycles. The van der Waals surface area contributed by atoms with Gasteiger partial charge in [-0.2, -0.15) is 0 Å². The van der Waals surface area contributed by atoms with Gasteiger partial charge in [-0.25, -0.2) is 14.4 Å². The molecular formula is C51H57Cl4K2N11O8. The van der Waals surface area contributed by atoms with E-state index in [1.165, 1.54) is 63.2 Å². The molecule has 11 rings (SSSR count). The molecule has 0 unspecified atom stereocenters. The van der Waals surface area contributed by atoms with Crippen LogP contribution in [0.3, 0.4) is 0 Å². The Hall–Kier alpha value is -3.24. The number of nitrogens with one attached hydrogen (secondary N) is 6. The first-order chi connectivity index (χ1) is 36.3. The summed E-state index contributed by atoms with van der Waals surface area (Å²) >= 11 is 25.9. The predicted molar refractivity (Wildman–Crippen MR) is 296 cm³/mol. The molecule has 19 nitrogen and oxygen atoms in total. The Morgan fingerprint density at radius 1 is 0.408 bits per heavy atom. The summed E-state index contributed by atoms with van der Waals surface area (Å²) in [6.07, 6.45) is 4.64. The van der Waals surface area contributed by atoms with Gasteiger partial charge in [-0.15, -0.1) is 0 Å². The van der Waals surface area contributed by atoms with Crippen molar-refractivity contribution in [2.45, 2.75) is 73.5 Å². The third-order valence-corrected chi connectivity index (χ3v) is 15.8. The number of rotatable bonds is 5. The van der Waals surface area contributed by atoms with Crippen molar-refractivity contribution in [2.75, 3.05) is 72.0 Å². The van der Waals surface area contributed by atoms with Gasteiger partial charge in [-0.05, 0) is 148 Å². The van der Waals surface area contributed by atoms with Crippen LogP contribution in [0.5, 0.6) is 0 Å². The van der Waals surface area contributed by atoms with Crippen molar-refractivity contribution in [2.24, 2.45) is 5.73 Å². The Labute approximate surface area is 505 Å². The third-order valence-electron chi connectivity index (χ3n) is 14.7. The van der Waals surface area contributed by atoms with Crippen molar-refractivity contribution < 1.29 is 38.7 Å². The Morgan fingerprint density at radius 3 is 0.776 bits per heavy atom. The molecule has 9 amide bonds. The molecule has 7 fully saturated rings. The van der Waals surface area contributed by atoms with Crippen LogP contribution < -0.4 is 57.2 Å². The van der Waals surface area contributed by atoms with Crippen LogP contribution >= 0.6 is 46.4 Å². The van der Waals surface area contributed by atoms with E-state index in [0.29, 0.717) is 84.5 Å². The van der Waals surface area contributed by atoms with E-state index in [1.807, 2.05) is 97.1 Å². The van der Waals surface area contributed by atoms with Gasteiger partial charge in [0.25, 0.3) is 17.7 Å². The van der Waals surface area contributed by atoms with E-state index in [-0.39, 0.29) is 35.8 Å². The van der Waals surface area contributed by atoms with Crippen LogP contribution in [0.15, 0.2) is 97.1 Å². The molecular weight excluding hydrogens is 1110 g/mol. The predicted octanol–water partition coefficient (Wildman–Crippen LogP) is 5.52. The number of hydrogen-bond acceptors (Lipinski definition) is 12. The number of urea groups is 3. The van der Waals surface area contributed by atoms with Gasteiger partial charge in [0.1, 0.15) is 22.2 Å². The number of carboxylic acids is 1. The summed E-state index contributed by atoms with van der Waals surface area (Å²) < 4.78 is 0. The van der Waals surface area contributed by atoms with E-state index in [2.05, 4.69) is 51.5 Å². The molecule has 4 aromatic carbocycles. The van der Waals surface area contributed by atoms with Gasteiger partial charge >= 0.3 is 87.2 Å². The van der Waals surface area contributed by atoms with E-state index >= 15 is 0 Å². The summed E-state index contributed by atoms with van der Waals surface area (Å²) in [5.41, 5.74) is 6.95. The number of halogens is 4.